The zero-order valence-corrected chi connectivity index (χ0v) is 13.6. The summed E-state index contributed by atoms with van der Waals surface area (Å²) in [5.74, 6) is -0.212. The number of nitrogens with zero attached hydrogens (tertiary/aromatic N) is 1. The van der Waals surface area contributed by atoms with Gasteiger partial charge in [-0.25, -0.2) is 17.5 Å². The number of rotatable bonds is 4. The molecule has 22 heavy (non-hydrogen) atoms. The van der Waals surface area contributed by atoms with Crippen molar-refractivity contribution in [2.75, 3.05) is 14.1 Å². The molecule has 2 aromatic rings. The molecule has 116 valence electrons. The Labute approximate surface area is 134 Å². The third-order valence-corrected chi connectivity index (χ3v) is 4.97. The van der Waals surface area contributed by atoms with E-state index in [1.807, 2.05) is 0 Å². The third kappa shape index (κ3) is 3.65. The summed E-state index contributed by atoms with van der Waals surface area (Å²) in [7, 11) is -0.631. The summed E-state index contributed by atoms with van der Waals surface area (Å²) in [6.07, 6.45) is 0. The molecule has 0 aliphatic carbocycles. The van der Waals surface area contributed by atoms with Gasteiger partial charge in [0.15, 0.2) is 0 Å². The van der Waals surface area contributed by atoms with Crippen molar-refractivity contribution in [1.29, 1.82) is 0 Å². The second-order valence-electron chi connectivity index (χ2n) is 4.66. The highest BCUT2D eigenvalue weighted by Gasteiger charge is 2.18. The van der Waals surface area contributed by atoms with Crippen molar-refractivity contribution in [2.24, 2.45) is 0 Å². The average Bonchev–Trinajstić information content (AvgIpc) is 2.49. The number of hydrogen-bond acceptors (Lipinski definition) is 4. The molecule has 0 atom stereocenters. The van der Waals surface area contributed by atoms with Gasteiger partial charge in [-0.05, 0) is 48.5 Å². The number of hydrogen-bond donors (Lipinski definition) is 0. The van der Waals surface area contributed by atoms with Crippen LogP contribution in [0, 0.1) is 0 Å². The molecule has 0 saturated carbocycles. The van der Waals surface area contributed by atoms with Crippen molar-refractivity contribution in [3.8, 4) is 5.75 Å². The standard InChI is InChI=1S/C15H14ClNO4S/c1-17(2)22(19,20)14-9-3-11(4-10-14)15(18)21-13-7-5-12(16)6-8-13/h3-10H,1-2H3. The number of sulfonamides is 1. The Kier molecular flexibility index (Phi) is 4.85. The van der Waals surface area contributed by atoms with Gasteiger partial charge in [0.25, 0.3) is 0 Å². The normalized spacial score (nSPS) is 11.5. The van der Waals surface area contributed by atoms with Crippen LogP contribution in [0.3, 0.4) is 0 Å². The quantitative estimate of drug-likeness (QED) is 0.634. The summed E-state index contributed by atoms with van der Waals surface area (Å²) in [6.45, 7) is 0. The lowest BCUT2D eigenvalue weighted by Gasteiger charge is -2.11. The lowest BCUT2D eigenvalue weighted by molar-refractivity contribution is 0.0734. The Morgan fingerprint density at radius 3 is 2.05 bits per heavy atom. The Hall–Kier alpha value is -1.89. The zero-order chi connectivity index (χ0) is 16.3. The topological polar surface area (TPSA) is 63.7 Å². The Balaban J connectivity index is 2.16. The predicted molar refractivity (Wildman–Crippen MR) is 83.7 cm³/mol. The monoisotopic (exact) mass is 339 g/mol. The second-order valence-corrected chi connectivity index (χ2v) is 7.24. The number of ether oxygens (including phenoxy) is 1. The van der Waals surface area contributed by atoms with Crippen molar-refractivity contribution in [3.63, 3.8) is 0 Å². The average molecular weight is 340 g/mol. The highest BCUT2D eigenvalue weighted by Crippen LogP contribution is 2.18. The van der Waals surface area contributed by atoms with Crippen molar-refractivity contribution in [1.82, 2.24) is 4.31 Å². The Bertz CT molecular complexity index is 768. The molecule has 0 amide bonds. The largest absolute Gasteiger partial charge is 0.423 e. The van der Waals surface area contributed by atoms with Gasteiger partial charge < -0.3 is 4.74 Å². The molecule has 0 aliphatic rings. The summed E-state index contributed by atoms with van der Waals surface area (Å²) in [4.78, 5) is 12.1. The van der Waals surface area contributed by atoms with Crippen molar-refractivity contribution < 1.29 is 17.9 Å². The SMILES string of the molecule is CN(C)S(=O)(=O)c1ccc(C(=O)Oc2ccc(Cl)cc2)cc1. The van der Waals surface area contributed by atoms with Crippen LogP contribution in [-0.2, 0) is 10.0 Å². The molecule has 5 nitrogen and oxygen atoms in total. The van der Waals surface area contributed by atoms with E-state index >= 15 is 0 Å². The summed E-state index contributed by atoms with van der Waals surface area (Å²) in [5.41, 5.74) is 0.257. The van der Waals surface area contributed by atoms with Crippen LogP contribution in [0.4, 0.5) is 0 Å². The van der Waals surface area contributed by atoms with Gasteiger partial charge in [0.2, 0.25) is 10.0 Å². The molecule has 0 aliphatic heterocycles. The zero-order valence-electron chi connectivity index (χ0n) is 12.0. The van der Waals surface area contributed by atoms with Crippen molar-refractivity contribution in [2.45, 2.75) is 4.90 Å². The number of carbonyl (C=O) groups is 1. The molecular weight excluding hydrogens is 326 g/mol. The summed E-state index contributed by atoms with van der Waals surface area (Å²) in [6, 6.07) is 11.9. The van der Waals surface area contributed by atoms with Gasteiger partial charge in [-0.2, -0.15) is 0 Å². The Morgan fingerprint density at radius 1 is 1.00 bits per heavy atom. The van der Waals surface area contributed by atoms with E-state index in [4.69, 9.17) is 16.3 Å². The first kappa shape index (κ1) is 16.5. The van der Waals surface area contributed by atoms with Crippen LogP contribution in [0.15, 0.2) is 53.4 Å². The molecule has 0 N–H and O–H groups in total. The highest BCUT2D eigenvalue weighted by atomic mass is 35.5. The van der Waals surface area contributed by atoms with E-state index in [1.54, 1.807) is 24.3 Å². The number of carbonyl (C=O) groups excluding carboxylic acids is 1. The van der Waals surface area contributed by atoms with Gasteiger partial charge in [-0.15, -0.1) is 0 Å². The first-order valence-electron chi connectivity index (χ1n) is 6.31. The molecule has 2 rings (SSSR count). The van der Waals surface area contributed by atoms with Crippen LogP contribution in [0.5, 0.6) is 5.75 Å². The fourth-order valence-corrected chi connectivity index (χ4v) is 2.67. The molecule has 0 radical (unpaired) electrons. The fraction of sp³-hybridized carbons (Fsp3) is 0.133. The summed E-state index contributed by atoms with van der Waals surface area (Å²) >= 11 is 5.75. The molecule has 0 bridgehead atoms. The van der Waals surface area contributed by atoms with Crippen LogP contribution < -0.4 is 4.74 Å². The maximum absolute atomic E-state index is 12.0. The predicted octanol–water partition coefficient (Wildman–Crippen LogP) is 2.81. The van der Waals surface area contributed by atoms with Crippen LogP contribution in [0.25, 0.3) is 0 Å². The van der Waals surface area contributed by atoms with Gasteiger partial charge in [0.05, 0.1) is 10.5 Å². The number of esters is 1. The first-order chi connectivity index (χ1) is 10.3. The minimum Gasteiger partial charge on any atom is -0.423 e. The maximum atomic E-state index is 12.0. The van der Waals surface area contributed by atoms with Crippen LogP contribution in [0.1, 0.15) is 10.4 Å². The molecule has 0 saturated heterocycles. The first-order valence-corrected chi connectivity index (χ1v) is 8.13. The van der Waals surface area contributed by atoms with Gasteiger partial charge >= 0.3 is 5.97 Å². The second kappa shape index (κ2) is 6.48. The Morgan fingerprint density at radius 2 is 1.55 bits per heavy atom. The van der Waals surface area contributed by atoms with Crippen LogP contribution in [-0.4, -0.2) is 32.8 Å². The molecule has 0 aromatic heterocycles. The van der Waals surface area contributed by atoms with Crippen molar-refractivity contribution in [3.05, 3.63) is 59.1 Å². The van der Waals surface area contributed by atoms with E-state index in [0.29, 0.717) is 10.8 Å². The maximum Gasteiger partial charge on any atom is 0.343 e. The van der Waals surface area contributed by atoms with Crippen LogP contribution in [0.2, 0.25) is 5.02 Å². The fourth-order valence-electron chi connectivity index (χ4n) is 1.64. The smallest absolute Gasteiger partial charge is 0.343 e. The molecule has 0 unspecified atom stereocenters. The molecule has 0 spiro atoms. The van der Waals surface area contributed by atoms with Crippen LogP contribution >= 0.6 is 11.6 Å². The van der Waals surface area contributed by atoms with Gasteiger partial charge in [0.1, 0.15) is 5.75 Å². The molecule has 0 fully saturated rings. The molecule has 7 heteroatoms. The lowest BCUT2D eigenvalue weighted by atomic mass is 10.2. The van der Waals surface area contributed by atoms with Gasteiger partial charge in [0, 0.05) is 19.1 Å². The van der Waals surface area contributed by atoms with E-state index in [1.165, 1.54) is 38.4 Å². The molecule has 0 heterocycles. The summed E-state index contributed by atoms with van der Waals surface area (Å²) in [5, 5.41) is 0.540. The van der Waals surface area contributed by atoms with E-state index < -0.39 is 16.0 Å². The minimum atomic E-state index is -3.52. The number of benzene rings is 2. The number of halogens is 1. The highest BCUT2D eigenvalue weighted by molar-refractivity contribution is 7.89. The summed E-state index contributed by atoms with van der Waals surface area (Å²) < 4.78 is 30.1. The third-order valence-electron chi connectivity index (χ3n) is 2.89. The van der Waals surface area contributed by atoms with E-state index in [2.05, 4.69) is 0 Å². The van der Waals surface area contributed by atoms with Crippen molar-refractivity contribution >= 4 is 27.6 Å². The van der Waals surface area contributed by atoms with E-state index in [9.17, 15) is 13.2 Å². The minimum absolute atomic E-state index is 0.112. The van der Waals surface area contributed by atoms with E-state index in [-0.39, 0.29) is 10.5 Å². The lowest BCUT2D eigenvalue weighted by Crippen LogP contribution is -2.22. The molecule has 2 aromatic carbocycles. The van der Waals surface area contributed by atoms with Gasteiger partial charge in [-0.1, -0.05) is 11.6 Å². The molecular formula is C15H14ClNO4S. The van der Waals surface area contributed by atoms with E-state index in [0.717, 1.165) is 4.31 Å². The van der Waals surface area contributed by atoms with Gasteiger partial charge in [-0.3, -0.25) is 0 Å².